The second-order valence-electron chi connectivity index (χ2n) is 10.4. The number of ether oxygens (including phenoxy) is 1. The SMILES string of the molecule is CC(C)(Cc1ccc2c(c1)CCCC2)NCC(O)COc1cc(-c2ccc(C(=O)O)cc2)ccc1C#N. The fourth-order valence-electron chi connectivity index (χ4n) is 4.83. The first kappa shape index (κ1) is 26.4. The van der Waals surface area contributed by atoms with Gasteiger partial charge in [0.05, 0.1) is 11.1 Å². The van der Waals surface area contributed by atoms with Crippen molar-refractivity contribution in [2.45, 2.75) is 57.6 Å². The van der Waals surface area contributed by atoms with Crippen molar-refractivity contribution in [1.82, 2.24) is 5.32 Å². The van der Waals surface area contributed by atoms with Gasteiger partial charge >= 0.3 is 5.97 Å². The van der Waals surface area contributed by atoms with Gasteiger partial charge in [0.1, 0.15) is 24.5 Å². The summed E-state index contributed by atoms with van der Waals surface area (Å²) >= 11 is 0. The molecule has 0 saturated heterocycles. The molecular formula is C31H34N2O4. The van der Waals surface area contributed by atoms with E-state index < -0.39 is 12.1 Å². The zero-order valence-corrected chi connectivity index (χ0v) is 21.5. The molecule has 0 radical (unpaired) electrons. The molecule has 0 spiro atoms. The third-order valence-electron chi connectivity index (χ3n) is 6.87. The van der Waals surface area contributed by atoms with Crippen molar-refractivity contribution in [3.8, 4) is 22.9 Å². The van der Waals surface area contributed by atoms with Crippen LogP contribution in [0.2, 0.25) is 0 Å². The summed E-state index contributed by atoms with van der Waals surface area (Å²) < 4.78 is 5.85. The fourth-order valence-corrected chi connectivity index (χ4v) is 4.83. The van der Waals surface area contributed by atoms with Crippen LogP contribution in [-0.4, -0.2) is 41.0 Å². The van der Waals surface area contributed by atoms with Crippen molar-refractivity contribution < 1.29 is 19.7 Å². The fraction of sp³-hybridized carbons (Fsp3) is 0.355. The van der Waals surface area contributed by atoms with E-state index in [0.29, 0.717) is 17.9 Å². The standard InChI is InChI=1S/C31H34N2O4/c1-31(2,17-21-7-8-22-5-3-4-6-25(22)15-21)33-19-28(34)20-37-29-16-26(13-14-27(29)18-32)23-9-11-24(12-10-23)30(35)36/h7-16,28,33-34H,3-6,17,19-20H2,1-2H3,(H,35,36). The van der Waals surface area contributed by atoms with Crippen LogP contribution in [0.25, 0.3) is 11.1 Å². The summed E-state index contributed by atoms with van der Waals surface area (Å²) in [6.45, 7) is 4.66. The normalized spacial score (nSPS) is 13.9. The van der Waals surface area contributed by atoms with Gasteiger partial charge in [0.25, 0.3) is 0 Å². The molecule has 4 rings (SSSR count). The van der Waals surface area contributed by atoms with Gasteiger partial charge < -0.3 is 20.3 Å². The Hall–Kier alpha value is -3.66. The second kappa shape index (κ2) is 11.6. The molecule has 0 aromatic heterocycles. The molecule has 1 atom stereocenters. The van der Waals surface area contributed by atoms with E-state index in [1.807, 2.05) is 0 Å². The number of fused-ring (bicyclic) bond motifs is 1. The lowest BCUT2D eigenvalue weighted by molar-refractivity contribution is 0.0697. The minimum Gasteiger partial charge on any atom is -0.489 e. The zero-order valence-electron chi connectivity index (χ0n) is 21.5. The highest BCUT2D eigenvalue weighted by Crippen LogP contribution is 2.28. The lowest BCUT2D eigenvalue weighted by atomic mass is 9.87. The summed E-state index contributed by atoms with van der Waals surface area (Å²) in [6, 6.07) is 20.7. The first-order valence-corrected chi connectivity index (χ1v) is 12.8. The molecule has 0 fully saturated rings. The molecule has 6 heteroatoms. The van der Waals surface area contributed by atoms with Crippen LogP contribution in [0.4, 0.5) is 0 Å². The first-order chi connectivity index (χ1) is 17.7. The van der Waals surface area contributed by atoms with E-state index >= 15 is 0 Å². The van der Waals surface area contributed by atoms with Gasteiger partial charge in [-0.25, -0.2) is 4.79 Å². The van der Waals surface area contributed by atoms with Crippen LogP contribution in [-0.2, 0) is 19.3 Å². The molecule has 37 heavy (non-hydrogen) atoms. The summed E-state index contributed by atoms with van der Waals surface area (Å²) in [5.41, 5.74) is 6.24. The van der Waals surface area contributed by atoms with Crippen LogP contribution < -0.4 is 10.1 Å². The number of benzene rings is 3. The molecule has 1 aliphatic rings. The number of aliphatic hydroxyl groups is 1. The zero-order chi connectivity index (χ0) is 26.4. The van der Waals surface area contributed by atoms with E-state index in [0.717, 1.165) is 24.0 Å². The summed E-state index contributed by atoms with van der Waals surface area (Å²) in [6.07, 6.45) is 4.98. The summed E-state index contributed by atoms with van der Waals surface area (Å²) in [5, 5.41) is 32.7. The van der Waals surface area contributed by atoms with E-state index in [9.17, 15) is 15.2 Å². The average Bonchev–Trinajstić information content (AvgIpc) is 2.90. The first-order valence-electron chi connectivity index (χ1n) is 12.8. The number of carboxylic acid groups (broad SMARTS) is 1. The Labute approximate surface area is 218 Å². The van der Waals surface area contributed by atoms with Crippen LogP contribution >= 0.6 is 0 Å². The van der Waals surface area contributed by atoms with E-state index in [-0.39, 0.29) is 17.7 Å². The third-order valence-corrected chi connectivity index (χ3v) is 6.87. The highest BCUT2D eigenvalue weighted by Gasteiger charge is 2.21. The van der Waals surface area contributed by atoms with Crippen LogP contribution in [0.3, 0.4) is 0 Å². The van der Waals surface area contributed by atoms with Crippen molar-refractivity contribution in [1.29, 1.82) is 5.26 Å². The average molecular weight is 499 g/mol. The number of β-amino-alcohol motifs (C(OH)–C–C–N with tert-alkyl or cyclic N) is 1. The largest absolute Gasteiger partial charge is 0.489 e. The molecule has 1 unspecified atom stereocenters. The number of carboxylic acids is 1. The molecule has 0 aliphatic heterocycles. The number of aromatic carboxylic acids is 1. The van der Waals surface area contributed by atoms with E-state index in [1.165, 1.54) is 48.1 Å². The molecule has 6 nitrogen and oxygen atoms in total. The third kappa shape index (κ3) is 6.97. The monoisotopic (exact) mass is 498 g/mol. The maximum atomic E-state index is 11.1. The molecule has 3 aromatic rings. The highest BCUT2D eigenvalue weighted by atomic mass is 16.5. The number of aliphatic hydroxyl groups excluding tert-OH is 1. The summed E-state index contributed by atoms with van der Waals surface area (Å²) in [5.74, 6) is -0.599. The Bertz CT molecular complexity index is 1290. The lowest BCUT2D eigenvalue weighted by Crippen LogP contribution is -2.46. The van der Waals surface area contributed by atoms with Gasteiger partial charge in [0.2, 0.25) is 0 Å². The molecule has 3 N–H and O–H groups in total. The van der Waals surface area contributed by atoms with E-state index in [4.69, 9.17) is 9.84 Å². The number of hydrogen-bond donors (Lipinski definition) is 3. The number of hydrogen-bond acceptors (Lipinski definition) is 5. The molecule has 0 heterocycles. The smallest absolute Gasteiger partial charge is 0.335 e. The predicted molar refractivity (Wildman–Crippen MR) is 144 cm³/mol. The maximum absolute atomic E-state index is 11.1. The van der Waals surface area contributed by atoms with Crippen LogP contribution in [0.5, 0.6) is 5.75 Å². The minimum atomic E-state index is -0.983. The van der Waals surface area contributed by atoms with Crippen molar-refractivity contribution >= 4 is 5.97 Å². The Morgan fingerprint density at radius 1 is 1.03 bits per heavy atom. The minimum absolute atomic E-state index is 0.0397. The van der Waals surface area contributed by atoms with Crippen molar-refractivity contribution in [2.75, 3.05) is 13.2 Å². The molecule has 192 valence electrons. The topological polar surface area (TPSA) is 103 Å². The van der Waals surface area contributed by atoms with Crippen molar-refractivity contribution in [2.24, 2.45) is 0 Å². The Morgan fingerprint density at radius 2 is 1.73 bits per heavy atom. The molecular weight excluding hydrogens is 464 g/mol. The molecule has 1 aliphatic carbocycles. The predicted octanol–water partition coefficient (Wildman–Crippen LogP) is 5.15. The number of rotatable bonds is 10. The maximum Gasteiger partial charge on any atom is 0.335 e. The Morgan fingerprint density at radius 3 is 2.43 bits per heavy atom. The van der Waals surface area contributed by atoms with Gasteiger partial charge in [0.15, 0.2) is 0 Å². The van der Waals surface area contributed by atoms with Gasteiger partial charge in [-0.3, -0.25) is 0 Å². The second-order valence-corrected chi connectivity index (χ2v) is 10.4. The summed E-state index contributed by atoms with van der Waals surface area (Å²) in [7, 11) is 0. The number of nitrogens with zero attached hydrogens (tertiary/aromatic N) is 1. The van der Waals surface area contributed by atoms with Crippen LogP contribution in [0.1, 0.15) is 59.3 Å². The Kier molecular flexibility index (Phi) is 8.27. The van der Waals surface area contributed by atoms with E-state index in [2.05, 4.69) is 43.4 Å². The number of nitriles is 1. The number of carbonyl (C=O) groups is 1. The van der Waals surface area contributed by atoms with Gasteiger partial charge in [-0.15, -0.1) is 0 Å². The van der Waals surface area contributed by atoms with Crippen molar-refractivity contribution in [3.63, 3.8) is 0 Å². The molecule has 0 bridgehead atoms. The number of aryl methyl sites for hydroxylation is 2. The highest BCUT2D eigenvalue weighted by molar-refractivity contribution is 5.88. The van der Waals surface area contributed by atoms with Crippen LogP contribution in [0, 0.1) is 11.3 Å². The molecule has 3 aromatic carbocycles. The van der Waals surface area contributed by atoms with Gasteiger partial charge in [0, 0.05) is 12.1 Å². The van der Waals surface area contributed by atoms with Gasteiger partial charge in [-0.05, 0) is 98.0 Å². The van der Waals surface area contributed by atoms with Crippen molar-refractivity contribution in [3.05, 3.63) is 88.5 Å². The quantitative estimate of drug-likeness (QED) is 0.357. The van der Waals surface area contributed by atoms with E-state index in [1.54, 1.807) is 30.3 Å². The summed E-state index contributed by atoms with van der Waals surface area (Å²) in [4.78, 5) is 11.1. The molecule has 0 amide bonds. The number of nitrogens with one attached hydrogen (secondary N) is 1. The van der Waals surface area contributed by atoms with Crippen LogP contribution in [0.15, 0.2) is 60.7 Å². The Balaban J connectivity index is 1.34. The lowest BCUT2D eigenvalue weighted by Gasteiger charge is -2.29. The molecule has 0 saturated carbocycles. The van der Waals surface area contributed by atoms with Gasteiger partial charge in [-0.2, -0.15) is 5.26 Å². The van der Waals surface area contributed by atoms with Gasteiger partial charge in [-0.1, -0.05) is 36.4 Å².